The van der Waals surface area contributed by atoms with Crippen LogP contribution < -0.4 is 10.5 Å². The van der Waals surface area contributed by atoms with E-state index in [0.717, 1.165) is 6.54 Å². The summed E-state index contributed by atoms with van der Waals surface area (Å²) in [5.74, 6) is 0.544. The lowest BCUT2D eigenvalue weighted by atomic mass is 10.0. The van der Waals surface area contributed by atoms with Gasteiger partial charge in [0.2, 0.25) is 0 Å². The van der Waals surface area contributed by atoms with Crippen molar-refractivity contribution in [2.45, 2.75) is 51.9 Å². The molecule has 0 amide bonds. The molecule has 5 nitrogen and oxygen atoms in total. The number of nitrogens with zero attached hydrogens (tertiary/aromatic N) is 3. The van der Waals surface area contributed by atoms with E-state index in [-0.39, 0.29) is 5.56 Å². The molecule has 1 heterocycles. The molecule has 1 fully saturated rings. The quantitative estimate of drug-likeness (QED) is 0.742. The summed E-state index contributed by atoms with van der Waals surface area (Å²) in [5.41, 5.74) is 3.27. The molecule has 1 aromatic heterocycles. The third-order valence-corrected chi connectivity index (χ3v) is 5.21. The summed E-state index contributed by atoms with van der Waals surface area (Å²) in [5, 5.41) is 9.02. The first-order chi connectivity index (χ1) is 12.6. The van der Waals surface area contributed by atoms with Crippen LogP contribution >= 0.6 is 0 Å². The number of benzene rings is 2. The number of rotatable bonds is 6. The molecule has 1 aliphatic carbocycles. The molecule has 1 atom stereocenters. The van der Waals surface area contributed by atoms with Crippen molar-refractivity contribution >= 4 is 10.9 Å². The Balaban J connectivity index is 1.56. The first-order valence-electron chi connectivity index (χ1n) is 9.38. The minimum Gasteiger partial charge on any atom is -0.310 e. The number of fused-ring (bicyclic) bond motifs is 1. The van der Waals surface area contributed by atoms with Crippen LogP contribution in [-0.4, -0.2) is 21.0 Å². The zero-order valence-electron chi connectivity index (χ0n) is 15.4. The van der Waals surface area contributed by atoms with Crippen LogP contribution in [0.4, 0.5) is 0 Å². The summed E-state index contributed by atoms with van der Waals surface area (Å²) in [6.07, 6.45) is 2.43. The monoisotopic (exact) mass is 349 g/mol. The van der Waals surface area contributed by atoms with Crippen LogP contribution in [-0.2, 0) is 13.2 Å². The normalized spacial score (nSPS) is 15.5. The Kier molecular flexibility index (Phi) is 4.55. The second-order valence-corrected chi connectivity index (χ2v) is 7.57. The number of nitrogens with one attached hydrogen (secondary N) is 1. The van der Waals surface area contributed by atoms with Gasteiger partial charge in [-0.05, 0) is 23.6 Å². The first kappa shape index (κ1) is 16.9. The Bertz CT molecular complexity index is 958. The van der Waals surface area contributed by atoms with Crippen molar-refractivity contribution in [1.82, 2.24) is 15.0 Å². The molecule has 0 spiro atoms. The van der Waals surface area contributed by atoms with Crippen LogP contribution in [0.3, 0.4) is 0 Å². The molecule has 0 aliphatic heterocycles. The van der Waals surface area contributed by atoms with Gasteiger partial charge in [-0.1, -0.05) is 55.5 Å². The van der Waals surface area contributed by atoms with Gasteiger partial charge >= 0.3 is 0 Å². The summed E-state index contributed by atoms with van der Waals surface area (Å²) in [6, 6.07) is 16.9. The predicted octanol–water partition coefficient (Wildman–Crippen LogP) is 2.12. The van der Waals surface area contributed by atoms with Crippen LogP contribution in [0.5, 0.6) is 0 Å². The molecule has 134 valence electrons. The van der Waals surface area contributed by atoms with E-state index in [2.05, 4.69) is 48.4 Å². The van der Waals surface area contributed by atoms with E-state index in [1.54, 1.807) is 0 Å². The van der Waals surface area contributed by atoms with Crippen molar-refractivity contribution in [2.24, 2.45) is 0 Å². The van der Waals surface area contributed by atoms with Gasteiger partial charge in [-0.2, -0.15) is 4.68 Å². The van der Waals surface area contributed by atoms with Crippen LogP contribution in [0.25, 0.3) is 10.9 Å². The zero-order valence-corrected chi connectivity index (χ0v) is 15.4. The average molecular weight is 349 g/mol. The molecule has 1 N–H and O–H groups in total. The Morgan fingerprint density at radius 3 is 2.54 bits per heavy atom. The molecule has 26 heavy (non-hydrogen) atoms. The smallest absolute Gasteiger partial charge is 0.282 e. The van der Waals surface area contributed by atoms with Crippen molar-refractivity contribution in [1.29, 1.82) is 0 Å². The van der Waals surface area contributed by atoms with Crippen molar-refractivity contribution in [2.75, 3.05) is 0 Å². The SMILES string of the molecule is CC(C)c1ccc(C[NH+](Cn2nnc3ccccc3c2=O)C2CC2)cc1. The van der Waals surface area contributed by atoms with E-state index in [9.17, 15) is 4.79 Å². The highest BCUT2D eigenvalue weighted by Gasteiger charge is 2.34. The number of aromatic nitrogens is 3. The van der Waals surface area contributed by atoms with Gasteiger partial charge in [0, 0.05) is 18.4 Å². The van der Waals surface area contributed by atoms with E-state index < -0.39 is 0 Å². The van der Waals surface area contributed by atoms with Crippen molar-refractivity contribution in [3.63, 3.8) is 0 Å². The summed E-state index contributed by atoms with van der Waals surface area (Å²) in [4.78, 5) is 14.1. The van der Waals surface area contributed by atoms with Gasteiger partial charge in [-0.3, -0.25) is 4.79 Å². The first-order valence-corrected chi connectivity index (χ1v) is 9.38. The number of hydrogen-bond donors (Lipinski definition) is 1. The van der Waals surface area contributed by atoms with Gasteiger partial charge in [0.25, 0.3) is 5.56 Å². The van der Waals surface area contributed by atoms with Crippen LogP contribution in [0.15, 0.2) is 53.3 Å². The molecular weight excluding hydrogens is 324 g/mol. The average Bonchev–Trinajstić information content (AvgIpc) is 3.49. The van der Waals surface area contributed by atoms with E-state index in [1.807, 2.05) is 24.3 Å². The molecule has 0 saturated heterocycles. The lowest BCUT2D eigenvalue weighted by molar-refractivity contribution is -0.948. The minimum absolute atomic E-state index is 0.0519. The molecule has 2 aromatic carbocycles. The fourth-order valence-electron chi connectivity index (χ4n) is 3.42. The van der Waals surface area contributed by atoms with Crippen LogP contribution in [0.2, 0.25) is 0 Å². The van der Waals surface area contributed by atoms with E-state index in [1.165, 1.54) is 33.6 Å². The Labute approximate surface area is 153 Å². The van der Waals surface area contributed by atoms with Crippen LogP contribution in [0.1, 0.15) is 43.7 Å². The second kappa shape index (κ2) is 7.00. The predicted molar refractivity (Wildman–Crippen MR) is 102 cm³/mol. The maximum atomic E-state index is 12.7. The summed E-state index contributed by atoms with van der Waals surface area (Å²) >= 11 is 0. The molecule has 1 unspecified atom stereocenters. The minimum atomic E-state index is -0.0519. The third-order valence-electron chi connectivity index (χ3n) is 5.21. The largest absolute Gasteiger partial charge is 0.310 e. The summed E-state index contributed by atoms with van der Waals surface area (Å²) in [6.45, 7) is 5.89. The number of hydrogen-bond acceptors (Lipinski definition) is 3. The molecular formula is C21H25N4O+. The third kappa shape index (κ3) is 3.53. The molecule has 0 bridgehead atoms. The van der Waals surface area contributed by atoms with Gasteiger partial charge in [0.15, 0.2) is 6.67 Å². The van der Waals surface area contributed by atoms with Gasteiger partial charge in [0.1, 0.15) is 12.1 Å². The highest BCUT2D eigenvalue weighted by atomic mass is 16.1. The molecule has 5 heteroatoms. The van der Waals surface area contributed by atoms with Gasteiger partial charge in [0.05, 0.1) is 11.4 Å². The number of quaternary nitrogens is 1. The molecule has 0 radical (unpaired) electrons. The topological polar surface area (TPSA) is 52.2 Å². The van der Waals surface area contributed by atoms with Crippen molar-refractivity contribution in [3.05, 3.63) is 70.0 Å². The Hall–Kier alpha value is -2.53. The van der Waals surface area contributed by atoms with E-state index in [4.69, 9.17) is 0 Å². The van der Waals surface area contributed by atoms with Crippen LogP contribution in [0, 0.1) is 0 Å². The lowest BCUT2D eigenvalue weighted by Crippen LogP contribution is -3.11. The van der Waals surface area contributed by atoms with Gasteiger partial charge < -0.3 is 4.90 Å². The molecule has 3 aromatic rings. The maximum Gasteiger partial charge on any atom is 0.282 e. The summed E-state index contributed by atoms with van der Waals surface area (Å²) < 4.78 is 1.53. The highest BCUT2D eigenvalue weighted by Crippen LogP contribution is 2.17. The van der Waals surface area contributed by atoms with Crippen molar-refractivity contribution < 1.29 is 4.90 Å². The van der Waals surface area contributed by atoms with Gasteiger partial charge in [-0.15, -0.1) is 5.10 Å². The maximum absolute atomic E-state index is 12.7. The standard InChI is InChI=1S/C21H24N4O/c1-15(2)17-9-7-16(8-10-17)13-24(18-11-12-18)14-25-21(26)19-5-3-4-6-20(19)22-23-25/h3-10,15,18H,11-14H2,1-2H3/p+1. The fourth-order valence-corrected chi connectivity index (χ4v) is 3.42. The van der Waals surface area contributed by atoms with E-state index >= 15 is 0 Å². The van der Waals surface area contributed by atoms with E-state index in [0.29, 0.717) is 29.5 Å². The molecule has 1 aliphatic rings. The second-order valence-electron chi connectivity index (χ2n) is 7.57. The Morgan fingerprint density at radius 2 is 1.85 bits per heavy atom. The fraction of sp³-hybridized carbons (Fsp3) is 0.381. The lowest BCUT2D eigenvalue weighted by Gasteiger charge is -2.19. The Morgan fingerprint density at radius 1 is 1.12 bits per heavy atom. The van der Waals surface area contributed by atoms with Gasteiger partial charge in [-0.25, -0.2) is 0 Å². The molecule has 1 saturated carbocycles. The summed E-state index contributed by atoms with van der Waals surface area (Å²) in [7, 11) is 0. The zero-order chi connectivity index (χ0) is 18.1. The molecule has 4 rings (SSSR count). The highest BCUT2D eigenvalue weighted by molar-refractivity contribution is 5.76. The van der Waals surface area contributed by atoms with Crippen molar-refractivity contribution in [3.8, 4) is 0 Å².